The van der Waals surface area contributed by atoms with Crippen LogP contribution in [-0.2, 0) is 4.79 Å². The Morgan fingerprint density at radius 1 is 1.33 bits per heavy atom. The lowest BCUT2D eigenvalue weighted by molar-refractivity contribution is -0.120. The van der Waals surface area contributed by atoms with Gasteiger partial charge in [0.2, 0.25) is 5.91 Å². The maximum Gasteiger partial charge on any atom is 0.251 e. The van der Waals surface area contributed by atoms with E-state index in [9.17, 15) is 9.59 Å². The first-order chi connectivity index (χ1) is 10.1. The molecule has 1 aliphatic rings. The first-order valence-electron chi connectivity index (χ1n) is 7.49. The zero-order valence-electron chi connectivity index (χ0n) is 12.6. The van der Waals surface area contributed by atoms with Crippen LogP contribution in [0.4, 0.5) is 5.69 Å². The topological polar surface area (TPSA) is 70.2 Å². The quantitative estimate of drug-likeness (QED) is 0.791. The highest BCUT2D eigenvalue weighted by atomic mass is 16.2. The summed E-state index contributed by atoms with van der Waals surface area (Å²) in [6.07, 6.45) is 1.93. The Morgan fingerprint density at radius 3 is 2.81 bits per heavy atom. The molecule has 21 heavy (non-hydrogen) atoms. The van der Waals surface area contributed by atoms with Gasteiger partial charge in [-0.15, -0.1) is 0 Å². The number of carbonyl (C=O) groups excluding carboxylic acids is 2. The second-order valence-electron chi connectivity index (χ2n) is 5.74. The van der Waals surface area contributed by atoms with Gasteiger partial charge in [-0.25, -0.2) is 0 Å². The molecule has 0 saturated carbocycles. The Kier molecular flexibility index (Phi) is 5.33. The van der Waals surface area contributed by atoms with Gasteiger partial charge in [-0.2, -0.15) is 0 Å². The normalized spacial score (nSPS) is 18.3. The van der Waals surface area contributed by atoms with E-state index < -0.39 is 0 Å². The molecular formula is C16H23N3O2. The Hall–Kier alpha value is -1.88. The zero-order chi connectivity index (χ0) is 15.2. The van der Waals surface area contributed by atoms with Crippen molar-refractivity contribution >= 4 is 17.5 Å². The Balaban J connectivity index is 2.00. The number of benzene rings is 1. The van der Waals surface area contributed by atoms with Crippen LogP contribution >= 0.6 is 0 Å². The highest BCUT2D eigenvalue weighted by Gasteiger charge is 2.21. The molecule has 1 saturated heterocycles. The minimum absolute atomic E-state index is 0.00639. The minimum atomic E-state index is -0.125. The van der Waals surface area contributed by atoms with Gasteiger partial charge in [-0.05, 0) is 51.4 Å². The van der Waals surface area contributed by atoms with Crippen LogP contribution in [0.15, 0.2) is 24.3 Å². The highest BCUT2D eigenvalue weighted by molar-refractivity contribution is 5.97. The molecule has 5 nitrogen and oxygen atoms in total. The third-order valence-electron chi connectivity index (χ3n) is 3.48. The van der Waals surface area contributed by atoms with E-state index in [-0.39, 0.29) is 23.8 Å². The first kappa shape index (κ1) is 15.5. The first-order valence-corrected chi connectivity index (χ1v) is 7.49. The summed E-state index contributed by atoms with van der Waals surface area (Å²) >= 11 is 0. The predicted octanol–water partition coefficient (Wildman–Crippen LogP) is 1.76. The number of piperidine rings is 1. The molecule has 2 amide bonds. The van der Waals surface area contributed by atoms with E-state index >= 15 is 0 Å². The second-order valence-corrected chi connectivity index (χ2v) is 5.74. The van der Waals surface area contributed by atoms with Crippen molar-refractivity contribution in [2.75, 3.05) is 18.4 Å². The lowest BCUT2D eigenvalue weighted by Crippen LogP contribution is -2.37. The van der Waals surface area contributed by atoms with Gasteiger partial charge in [0.05, 0.1) is 5.92 Å². The van der Waals surface area contributed by atoms with Crippen LogP contribution in [0.1, 0.15) is 37.0 Å². The summed E-state index contributed by atoms with van der Waals surface area (Å²) in [6, 6.07) is 7.13. The van der Waals surface area contributed by atoms with Gasteiger partial charge >= 0.3 is 0 Å². The molecule has 1 fully saturated rings. The van der Waals surface area contributed by atoms with E-state index in [1.54, 1.807) is 24.3 Å². The van der Waals surface area contributed by atoms with E-state index in [1.807, 2.05) is 13.8 Å². The number of amides is 2. The lowest BCUT2D eigenvalue weighted by atomic mass is 9.98. The molecule has 1 atom stereocenters. The van der Waals surface area contributed by atoms with Gasteiger partial charge in [0.1, 0.15) is 0 Å². The molecular weight excluding hydrogens is 266 g/mol. The van der Waals surface area contributed by atoms with Gasteiger partial charge in [-0.1, -0.05) is 6.07 Å². The summed E-state index contributed by atoms with van der Waals surface area (Å²) in [4.78, 5) is 24.1. The third kappa shape index (κ3) is 4.56. The van der Waals surface area contributed by atoms with Crippen molar-refractivity contribution in [2.24, 2.45) is 5.92 Å². The van der Waals surface area contributed by atoms with Gasteiger partial charge in [0, 0.05) is 23.8 Å². The molecule has 1 aromatic rings. The summed E-state index contributed by atoms with van der Waals surface area (Å²) < 4.78 is 0. The van der Waals surface area contributed by atoms with Crippen LogP contribution in [0.2, 0.25) is 0 Å². The van der Waals surface area contributed by atoms with Crippen molar-refractivity contribution in [3.05, 3.63) is 29.8 Å². The Bertz CT molecular complexity index is 508. The third-order valence-corrected chi connectivity index (χ3v) is 3.48. The van der Waals surface area contributed by atoms with Crippen LogP contribution in [0, 0.1) is 5.92 Å². The molecule has 114 valence electrons. The summed E-state index contributed by atoms with van der Waals surface area (Å²) in [5.41, 5.74) is 1.23. The Labute approximate surface area is 125 Å². The number of rotatable bonds is 4. The Morgan fingerprint density at radius 2 is 2.14 bits per heavy atom. The van der Waals surface area contributed by atoms with Crippen molar-refractivity contribution in [1.82, 2.24) is 10.6 Å². The smallest absolute Gasteiger partial charge is 0.251 e. The summed E-state index contributed by atoms with van der Waals surface area (Å²) in [6.45, 7) is 5.53. The van der Waals surface area contributed by atoms with Crippen molar-refractivity contribution < 1.29 is 9.59 Å². The van der Waals surface area contributed by atoms with Crippen LogP contribution in [-0.4, -0.2) is 30.9 Å². The molecule has 0 unspecified atom stereocenters. The van der Waals surface area contributed by atoms with Crippen LogP contribution < -0.4 is 16.0 Å². The van der Waals surface area contributed by atoms with E-state index in [2.05, 4.69) is 16.0 Å². The molecule has 1 aliphatic heterocycles. The largest absolute Gasteiger partial charge is 0.350 e. The van der Waals surface area contributed by atoms with Crippen molar-refractivity contribution in [1.29, 1.82) is 0 Å². The van der Waals surface area contributed by atoms with E-state index in [0.29, 0.717) is 11.3 Å². The molecule has 0 bridgehead atoms. The van der Waals surface area contributed by atoms with Crippen molar-refractivity contribution in [3.8, 4) is 0 Å². The molecule has 5 heteroatoms. The number of hydrogen-bond acceptors (Lipinski definition) is 3. The summed E-state index contributed by atoms with van der Waals surface area (Å²) in [7, 11) is 0. The SMILES string of the molecule is CC(C)NC(=O)c1cccc(NC(=O)[C@H]2CCCNC2)c1. The van der Waals surface area contributed by atoms with Gasteiger partial charge in [-0.3, -0.25) is 9.59 Å². The average Bonchev–Trinajstić information content (AvgIpc) is 2.47. The number of anilines is 1. The summed E-state index contributed by atoms with van der Waals surface area (Å²) in [5.74, 6) is -0.101. The second kappa shape index (κ2) is 7.22. The maximum absolute atomic E-state index is 12.2. The molecule has 0 radical (unpaired) electrons. The van der Waals surface area contributed by atoms with Gasteiger partial charge in [0.25, 0.3) is 5.91 Å². The van der Waals surface area contributed by atoms with Crippen molar-refractivity contribution in [3.63, 3.8) is 0 Å². The highest BCUT2D eigenvalue weighted by Crippen LogP contribution is 2.15. The number of carbonyl (C=O) groups is 2. The van der Waals surface area contributed by atoms with Crippen molar-refractivity contribution in [2.45, 2.75) is 32.7 Å². The fourth-order valence-electron chi connectivity index (χ4n) is 2.40. The molecule has 3 N–H and O–H groups in total. The van der Waals surface area contributed by atoms with Gasteiger partial charge in [0.15, 0.2) is 0 Å². The molecule has 1 heterocycles. The maximum atomic E-state index is 12.2. The predicted molar refractivity (Wildman–Crippen MR) is 83.3 cm³/mol. The molecule has 0 spiro atoms. The van der Waals surface area contributed by atoms with E-state index in [0.717, 1.165) is 25.9 Å². The number of hydrogen-bond donors (Lipinski definition) is 3. The standard InChI is InChI=1S/C16H23N3O2/c1-11(2)18-15(20)12-5-3-7-14(9-12)19-16(21)13-6-4-8-17-10-13/h3,5,7,9,11,13,17H,4,6,8,10H2,1-2H3,(H,18,20)(H,19,21)/t13-/m0/s1. The fraction of sp³-hybridized carbons (Fsp3) is 0.500. The number of nitrogens with one attached hydrogen (secondary N) is 3. The monoisotopic (exact) mass is 289 g/mol. The minimum Gasteiger partial charge on any atom is -0.350 e. The molecule has 2 rings (SSSR count). The molecule has 1 aromatic carbocycles. The van der Waals surface area contributed by atoms with Gasteiger partial charge < -0.3 is 16.0 Å². The van der Waals surface area contributed by atoms with Crippen LogP contribution in [0.3, 0.4) is 0 Å². The van der Waals surface area contributed by atoms with Crippen LogP contribution in [0.25, 0.3) is 0 Å². The van der Waals surface area contributed by atoms with Crippen LogP contribution in [0.5, 0.6) is 0 Å². The average molecular weight is 289 g/mol. The van der Waals surface area contributed by atoms with E-state index in [1.165, 1.54) is 0 Å². The zero-order valence-corrected chi connectivity index (χ0v) is 12.6. The summed E-state index contributed by atoms with van der Waals surface area (Å²) in [5, 5.41) is 8.97. The fourth-order valence-corrected chi connectivity index (χ4v) is 2.40. The molecule has 0 aliphatic carbocycles. The van der Waals surface area contributed by atoms with E-state index in [4.69, 9.17) is 0 Å². The lowest BCUT2D eigenvalue weighted by Gasteiger charge is -2.22. The molecule has 0 aromatic heterocycles.